The van der Waals surface area contributed by atoms with Crippen LogP contribution in [-0.2, 0) is 4.79 Å². The van der Waals surface area contributed by atoms with E-state index in [1.165, 1.54) is 6.08 Å². The van der Waals surface area contributed by atoms with Gasteiger partial charge in [-0.25, -0.2) is 4.98 Å². The number of thiocarbonyl (C=S) groups is 1. The minimum Gasteiger partial charge on any atom is -0.457 e. The molecule has 0 saturated heterocycles. The van der Waals surface area contributed by atoms with Gasteiger partial charge < -0.3 is 14.2 Å². The second-order valence-electron chi connectivity index (χ2n) is 7.70. The molecule has 5 rings (SSSR count). The number of halogens is 2. The number of para-hydroxylation sites is 2. The molecular formula is C27H17Cl2N3O3S. The molecule has 0 saturated carbocycles. The third kappa shape index (κ3) is 5.66. The van der Waals surface area contributed by atoms with Crippen LogP contribution in [0.25, 0.3) is 40.0 Å². The van der Waals surface area contributed by atoms with E-state index in [1.54, 1.807) is 36.4 Å². The number of amides is 1. The van der Waals surface area contributed by atoms with Crippen molar-refractivity contribution in [1.29, 1.82) is 0 Å². The zero-order valence-corrected chi connectivity index (χ0v) is 20.8. The van der Waals surface area contributed by atoms with Gasteiger partial charge in [0, 0.05) is 32.9 Å². The molecule has 2 aromatic heterocycles. The minimum atomic E-state index is -0.411. The molecule has 2 heterocycles. The van der Waals surface area contributed by atoms with Crippen LogP contribution in [0.2, 0.25) is 10.0 Å². The molecule has 1 amide bonds. The Balaban J connectivity index is 1.20. The summed E-state index contributed by atoms with van der Waals surface area (Å²) in [6, 6.07) is 23.6. The van der Waals surface area contributed by atoms with Crippen molar-refractivity contribution in [3.05, 3.63) is 101 Å². The first-order valence-corrected chi connectivity index (χ1v) is 11.9. The van der Waals surface area contributed by atoms with Gasteiger partial charge >= 0.3 is 0 Å². The summed E-state index contributed by atoms with van der Waals surface area (Å²) in [7, 11) is 0. The van der Waals surface area contributed by atoms with E-state index in [-0.39, 0.29) is 5.11 Å². The molecule has 5 aromatic rings. The molecule has 2 N–H and O–H groups in total. The molecule has 0 aliphatic carbocycles. The number of anilines is 1. The fraction of sp³-hybridized carbons (Fsp3) is 0. The first kappa shape index (κ1) is 23.8. The number of nitrogens with one attached hydrogen (secondary N) is 2. The zero-order chi connectivity index (χ0) is 25.1. The van der Waals surface area contributed by atoms with Crippen LogP contribution in [0.4, 0.5) is 5.69 Å². The van der Waals surface area contributed by atoms with Crippen LogP contribution in [0.3, 0.4) is 0 Å². The van der Waals surface area contributed by atoms with Crippen LogP contribution >= 0.6 is 35.4 Å². The van der Waals surface area contributed by atoms with E-state index in [2.05, 4.69) is 15.6 Å². The van der Waals surface area contributed by atoms with Crippen molar-refractivity contribution < 1.29 is 13.6 Å². The summed E-state index contributed by atoms with van der Waals surface area (Å²) in [4.78, 5) is 16.9. The Hall–Kier alpha value is -3.91. The highest BCUT2D eigenvalue weighted by Gasteiger charge is 2.10. The van der Waals surface area contributed by atoms with Gasteiger partial charge in [0.25, 0.3) is 0 Å². The fourth-order valence-electron chi connectivity index (χ4n) is 3.49. The van der Waals surface area contributed by atoms with E-state index in [0.717, 1.165) is 16.6 Å². The van der Waals surface area contributed by atoms with E-state index in [4.69, 9.17) is 44.3 Å². The Bertz CT molecular complexity index is 1570. The topological polar surface area (TPSA) is 80.3 Å². The number of nitrogens with zero attached hydrogens (tertiary/aromatic N) is 1. The van der Waals surface area contributed by atoms with Crippen molar-refractivity contribution in [3.8, 4) is 22.8 Å². The Morgan fingerprint density at radius 3 is 2.50 bits per heavy atom. The second kappa shape index (κ2) is 10.4. The molecule has 0 unspecified atom stereocenters. The van der Waals surface area contributed by atoms with Crippen molar-refractivity contribution in [1.82, 2.24) is 10.3 Å². The molecule has 0 aliphatic heterocycles. The van der Waals surface area contributed by atoms with Gasteiger partial charge in [-0.3, -0.25) is 10.1 Å². The normalized spacial score (nSPS) is 11.2. The monoisotopic (exact) mass is 533 g/mol. The summed E-state index contributed by atoms with van der Waals surface area (Å²) in [5.41, 5.74) is 3.68. The molecule has 9 heteroatoms. The maximum Gasteiger partial charge on any atom is 0.250 e. The maximum absolute atomic E-state index is 12.3. The molecule has 0 atom stereocenters. The molecule has 36 heavy (non-hydrogen) atoms. The van der Waals surface area contributed by atoms with Crippen LogP contribution < -0.4 is 10.6 Å². The predicted octanol–water partition coefficient (Wildman–Crippen LogP) is 7.59. The van der Waals surface area contributed by atoms with Gasteiger partial charge in [0.05, 0.1) is 0 Å². The van der Waals surface area contributed by atoms with Crippen molar-refractivity contribution in [3.63, 3.8) is 0 Å². The van der Waals surface area contributed by atoms with Crippen LogP contribution in [0.5, 0.6) is 0 Å². The highest BCUT2D eigenvalue weighted by molar-refractivity contribution is 7.80. The number of benzene rings is 3. The van der Waals surface area contributed by atoms with Crippen molar-refractivity contribution in [2.24, 2.45) is 0 Å². The lowest BCUT2D eigenvalue weighted by Crippen LogP contribution is -2.32. The summed E-state index contributed by atoms with van der Waals surface area (Å²) < 4.78 is 11.6. The van der Waals surface area contributed by atoms with Gasteiger partial charge in [0.1, 0.15) is 17.0 Å². The number of carbonyl (C=O) groups is 1. The smallest absolute Gasteiger partial charge is 0.250 e. The molecule has 0 fully saturated rings. The Morgan fingerprint density at radius 2 is 1.69 bits per heavy atom. The quantitative estimate of drug-likeness (QED) is 0.179. The summed E-state index contributed by atoms with van der Waals surface area (Å²) in [6.07, 6.45) is 2.87. The van der Waals surface area contributed by atoms with E-state index in [9.17, 15) is 4.79 Å². The lowest BCUT2D eigenvalue weighted by atomic mass is 10.2. The molecule has 6 nitrogen and oxygen atoms in total. The third-order valence-corrected chi connectivity index (χ3v) is 5.71. The Labute approximate surface area is 221 Å². The van der Waals surface area contributed by atoms with Crippen molar-refractivity contribution in [2.45, 2.75) is 0 Å². The van der Waals surface area contributed by atoms with Crippen LogP contribution in [0.15, 0.2) is 93.8 Å². The van der Waals surface area contributed by atoms with Gasteiger partial charge in [-0.15, -0.1) is 0 Å². The van der Waals surface area contributed by atoms with Crippen molar-refractivity contribution in [2.75, 3.05) is 5.32 Å². The number of aromatic nitrogens is 1. The fourth-order valence-corrected chi connectivity index (χ4v) is 4.24. The van der Waals surface area contributed by atoms with E-state index in [1.807, 2.05) is 48.5 Å². The van der Waals surface area contributed by atoms with Crippen LogP contribution in [0.1, 0.15) is 5.76 Å². The van der Waals surface area contributed by atoms with Crippen molar-refractivity contribution >= 4 is 69.3 Å². The number of fused-ring (bicyclic) bond motifs is 1. The summed E-state index contributed by atoms with van der Waals surface area (Å²) in [5, 5.41) is 6.77. The molecular weight excluding hydrogens is 517 g/mol. The molecule has 0 spiro atoms. The van der Waals surface area contributed by atoms with Crippen LogP contribution in [-0.4, -0.2) is 16.0 Å². The summed E-state index contributed by atoms with van der Waals surface area (Å²) in [5.74, 6) is 1.15. The minimum absolute atomic E-state index is 0.146. The Morgan fingerprint density at radius 1 is 0.889 bits per heavy atom. The number of furan rings is 1. The van der Waals surface area contributed by atoms with Crippen LogP contribution in [0, 0.1) is 0 Å². The first-order valence-electron chi connectivity index (χ1n) is 10.8. The second-order valence-corrected chi connectivity index (χ2v) is 8.99. The standard InChI is InChI=1S/C27H17Cl2N3O3S/c28-18-12-17(13-19(29)15-18)23-10-8-21(34-23)9-11-25(33)32-27(36)30-20-5-3-4-16(14-20)26-31-22-6-1-2-7-24(22)35-26/h1-15H,(H2,30,32,33,36)/b11-9+. The predicted molar refractivity (Wildman–Crippen MR) is 147 cm³/mol. The number of hydrogen-bond donors (Lipinski definition) is 2. The zero-order valence-electron chi connectivity index (χ0n) is 18.5. The van der Waals surface area contributed by atoms with E-state index >= 15 is 0 Å². The largest absolute Gasteiger partial charge is 0.457 e. The number of oxazole rings is 1. The lowest BCUT2D eigenvalue weighted by Gasteiger charge is -2.08. The summed E-state index contributed by atoms with van der Waals surface area (Å²) >= 11 is 17.4. The molecule has 3 aromatic carbocycles. The van der Waals surface area contributed by atoms with E-state index in [0.29, 0.717) is 38.7 Å². The summed E-state index contributed by atoms with van der Waals surface area (Å²) in [6.45, 7) is 0. The third-order valence-electron chi connectivity index (χ3n) is 5.07. The maximum atomic E-state index is 12.3. The van der Waals surface area contributed by atoms with Gasteiger partial charge in [-0.2, -0.15) is 0 Å². The van der Waals surface area contributed by atoms with Gasteiger partial charge in [0.15, 0.2) is 10.7 Å². The molecule has 0 bridgehead atoms. The van der Waals surface area contributed by atoms with Gasteiger partial charge in [0.2, 0.25) is 11.8 Å². The SMILES string of the molecule is O=C(/C=C/c1ccc(-c2cc(Cl)cc(Cl)c2)o1)NC(=S)Nc1cccc(-c2nc3ccccc3o2)c1. The average Bonchev–Trinajstić information content (AvgIpc) is 3.50. The van der Waals surface area contributed by atoms with E-state index < -0.39 is 5.91 Å². The molecule has 178 valence electrons. The lowest BCUT2D eigenvalue weighted by molar-refractivity contribution is -0.115. The average molecular weight is 534 g/mol. The highest BCUT2D eigenvalue weighted by Crippen LogP contribution is 2.29. The molecule has 0 aliphatic rings. The highest BCUT2D eigenvalue weighted by atomic mass is 35.5. The number of rotatable bonds is 5. The number of carbonyl (C=O) groups excluding carboxylic acids is 1. The first-order chi connectivity index (χ1) is 17.4. The molecule has 0 radical (unpaired) electrons. The number of hydrogen-bond acceptors (Lipinski definition) is 5. The van der Waals surface area contributed by atoms with Gasteiger partial charge in [-0.05, 0) is 79.0 Å². The van der Waals surface area contributed by atoms with Gasteiger partial charge in [-0.1, -0.05) is 41.4 Å². The Kier molecular flexibility index (Phi) is 6.86.